The highest BCUT2D eigenvalue weighted by molar-refractivity contribution is 7.80. The zero-order valence-electron chi connectivity index (χ0n) is 11.6. The Bertz CT molecular complexity index is 638. The van der Waals surface area contributed by atoms with Gasteiger partial charge in [-0.2, -0.15) is 0 Å². The van der Waals surface area contributed by atoms with Crippen LogP contribution in [-0.2, 0) is 13.1 Å². The van der Waals surface area contributed by atoms with Gasteiger partial charge in [-0.05, 0) is 31.0 Å². The minimum Gasteiger partial charge on any atom is -0.468 e. The molecule has 0 unspecified atom stereocenters. The third kappa shape index (κ3) is 3.49. The number of nitrogens with zero attached hydrogens (tertiary/aromatic N) is 1. The number of benzene rings is 1. The van der Waals surface area contributed by atoms with Crippen LogP contribution in [0.15, 0.2) is 41.0 Å². The smallest absolute Gasteiger partial charge is 0.128 e. The van der Waals surface area contributed by atoms with E-state index in [1.165, 1.54) is 6.07 Å². The second kappa shape index (κ2) is 5.95. The van der Waals surface area contributed by atoms with Gasteiger partial charge in [-0.15, -0.1) is 0 Å². The van der Waals surface area contributed by atoms with Gasteiger partial charge < -0.3 is 10.2 Å². The molecule has 3 nitrogen and oxygen atoms in total. The fraction of sp³-hybridized carbons (Fsp3) is 0.312. The van der Waals surface area contributed by atoms with Gasteiger partial charge in [0.15, 0.2) is 0 Å². The lowest BCUT2D eigenvalue weighted by Gasteiger charge is -2.21. The molecule has 0 saturated heterocycles. The molecule has 2 aromatic rings. The predicted octanol–water partition coefficient (Wildman–Crippen LogP) is 3.22. The van der Waals surface area contributed by atoms with Crippen molar-refractivity contribution in [1.29, 1.82) is 0 Å². The molecule has 0 atom stereocenters. The summed E-state index contributed by atoms with van der Waals surface area (Å²) < 4.78 is 19.6. The molecule has 3 rings (SSSR count). The van der Waals surface area contributed by atoms with E-state index >= 15 is 0 Å². The van der Waals surface area contributed by atoms with Crippen molar-refractivity contribution >= 4 is 17.2 Å². The van der Waals surface area contributed by atoms with E-state index in [1.807, 2.05) is 12.1 Å². The molecule has 1 heterocycles. The molecule has 1 aliphatic carbocycles. The Hall–Kier alpha value is -1.72. The fourth-order valence-electron chi connectivity index (χ4n) is 2.40. The quantitative estimate of drug-likeness (QED) is 0.832. The minimum atomic E-state index is -0.259. The van der Waals surface area contributed by atoms with Gasteiger partial charge in [0.2, 0.25) is 0 Å². The van der Waals surface area contributed by atoms with Crippen molar-refractivity contribution in [2.24, 2.45) is 5.73 Å². The van der Waals surface area contributed by atoms with Crippen LogP contribution < -0.4 is 5.73 Å². The summed E-state index contributed by atoms with van der Waals surface area (Å²) in [6.45, 7) is 1.27. The van der Waals surface area contributed by atoms with E-state index in [4.69, 9.17) is 22.4 Å². The van der Waals surface area contributed by atoms with E-state index in [0.29, 0.717) is 30.3 Å². The maximum absolute atomic E-state index is 14.2. The number of rotatable bonds is 6. The van der Waals surface area contributed by atoms with Crippen LogP contribution >= 0.6 is 12.2 Å². The standard InChI is InChI=1S/C16H17FN2OS/c17-15-8-11(16(18)21)3-4-12(15)9-19(13-5-6-13)10-14-2-1-7-20-14/h1-4,7-8,13H,5-6,9-10H2,(H2,18,21). The Kier molecular flexibility index (Phi) is 4.03. The molecule has 110 valence electrons. The molecule has 21 heavy (non-hydrogen) atoms. The summed E-state index contributed by atoms with van der Waals surface area (Å²) in [7, 11) is 0. The van der Waals surface area contributed by atoms with Crippen LogP contribution in [0.3, 0.4) is 0 Å². The van der Waals surface area contributed by atoms with Crippen LogP contribution in [0.4, 0.5) is 4.39 Å². The predicted molar refractivity (Wildman–Crippen MR) is 83.3 cm³/mol. The van der Waals surface area contributed by atoms with Crippen LogP contribution in [0.2, 0.25) is 0 Å². The number of hydrogen-bond donors (Lipinski definition) is 1. The molecule has 1 fully saturated rings. The number of halogens is 1. The third-order valence-electron chi connectivity index (χ3n) is 3.71. The zero-order valence-corrected chi connectivity index (χ0v) is 12.4. The summed E-state index contributed by atoms with van der Waals surface area (Å²) in [5.74, 6) is 0.646. The van der Waals surface area contributed by atoms with Crippen LogP contribution in [0.25, 0.3) is 0 Å². The Morgan fingerprint density at radius 3 is 2.71 bits per heavy atom. The summed E-state index contributed by atoms with van der Waals surface area (Å²) in [4.78, 5) is 2.47. The molecule has 1 saturated carbocycles. The van der Waals surface area contributed by atoms with Crippen molar-refractivity contribution in [1.82, 2.24) is 4.90 Å². The largest absolute Gasteiger partial charge is 0.468 e. The van der Waals surface area contributed by atoms with E-state index in [0.717, 1.165) is 18.6 Å². The molecule has 0 spiro atoms. The highest BCUT2D eigenvalue weighted by Crippen LogP contribution is 2.30. The van der Waals surface area contributed by atoms with Gasteiger partial charge in [0.05, 0.1) is 12.8 Å². The van der Waals surface area contributed by atoms with Gasteiger partial charge in [0.1, 0.15) is 16.6 Å². The van der Waals surface area contributed by atoms with Crippen LogP contribution in [0.1, 0.15) is 29.7 Å². The molecule has 0 radical (unpaired) electrons. The molecule has 0 amide bonds. The van der Waals surface area contributed by atoms with E-state index in [-0.39, 0.29) is 10.8 Å². The average Bonchev–Trinajstić information content (AvgIpc) is 3.18. The van der Waals surface area contributed by atoms with Crippen molar-refractivity contribution in [3.8, 4) is 0 Å². The van der Waals surface area contributed by atoms with E-state index in [1.54, 1.807) is 18.4 Å². The summed E-state index contributed by atoms with van der Waals surface area (Å²) in [6.07, 6.45) is 3.98. The highest BCUT2D eigenvalue weighted by atomic mass is 32.1. The summed E-state index contributed by atoms with van der Waals surface area (Å²) in [5.41, 5.74) is 6.75. The molecule has 0 aliphatic heterocycles. The van der Waals surface area contributed by atoms with Crippen molar-refractivity contribution in [2.45, 2.75) is 32.0 Å². The highest BCUT2D eigenvalue weighted by Gasteiger charge is 2.30. The van der Waals surface area contributed by atoms with Gasteiger partial charge in [0.25, 0.3) is 0 Å². The molecule has 1 aromatic heterocycles. The molecule has 2 N–H and O–H groups in total. The molecule has 0 bridgehead atoms. The normalized spacial score (nSPS) is 14.6. The van der Waals surface area contributed by atoms with Crippen LogP contribution in [0, 0.1) is 5.82 Å². The summed E-state index contributed by atoms with van der Waals surface area (Å²) in [6, 6.07) is 9.29. The molecule has 1 aromatic carbocycles. The average molecular weight is 304 g/mol. The first kappa shape index (κ1) is 14.2. The van der Waals surface area contributed by atoms with Gasteiger partial charge in [-0.25, -0.2) is 4.39 Å². The Labute approximate surface area is 128 Å². The Balaban J connectivity index is 1.75. The number of nitrogens with two attached hydrogens (primary N) is 1. The zero-order chi connectivity index (χ0) is 14.8. The van der Waals surface area contributed by atoms with Gasteiger partial charge in [-0.3, -0.25) is 4.90 Å². The first-order chi connectivity index (χ1) is 10.1. The topological polar surface area (TPSA) is 42.4 Å². The van der Waals surface area contributed by atoms with Crippen LogP contribution in [0.5, 0.6) is 0 Å². The lowest BCUT2D eigenvalue weighted by molar-refractivity contribution is 0.222. The second-order valence-corrected chi connectivity index (χ2v) is 5.83. The molecular formula is C16H17FN2OS. The van der Waals surface area contributed by atoms with Crippen molar-refractivity contribution in [2.75, 3.05) is 0 Å². The van der Waals surface area contributed by atoms with Gasteiger partial charge in [-0.1, -0.05) is 24.4 Å². The summed E-state index contributed by atoms with van der Waals surface area (Å²) in [5, 5.41) is 0. The van der Waals surface area contributed by atoms with E-state index in [2.05, 4.69) is 4.90 Å². The summed E-state index contributed by atoms with van der Waals surface area (Å²) >= 11 is 4.87. The number of furan rings is 1. The van der Waals surface area contributed by atoms with Gasteiger partial charge in [0, 0.05) is 23.7 Å². The second-order valence-electron chi connectivity index (χ2n) is 5.39. The van der Waals surface area contributed by atoms with Crippen LogP contribution in [-0.4, -0.2) is 15.9 Å². The lowest BCUT2D eigenvalue weighted by atomic mass is 10.1. The van der Waals surface area contributed by atoms with Gasteiger partial charge >= 0.3 is 0 Å². The SMILES string of the molecule is NC(=S)c1ccc(CN(Cc2ccco2)C2CC2)c(F)c1. The molecule has 1 aliphatic rings. The number of thiocarbonyl (C=S) groups is 1. The lowest BCUT2D eigenvalue weighted by Crippen LogP contribution is -2.25. The van der Waals surface area contributed by atoms with E-state index in [9.17, 15) is 4.39 Å². The first-order valence-corrected chi connectivity index (χ1v) is 7.39. The number of hydrogen-bond acceptors (Lipinski definition) is 3. The minimum absolute atomic E-state index is 0.218. The van der Waals surface area contributed by atoms with Crippen molar-refractivity contribution in [3.05, 3.63) is 59.3 Å². The third-order valence-corrected chi connectivity index (χ3v) is 3.95. The van der Waals surface area contributed by atoms with E-state index < -0.39 is 0 Å². The fourth-order valence-corrected chi connectivity index (χ4v) is 2.53. The molecular weight excluding hydrogens is 287 g/mol. The molecule has 5 heteroatoms. The van der Waals surface area contributed by atoms with Crippen molar-refractivity contribution < 1.29 is 8.81 Å². The maximum Gasteiger partial charge on any atom is 0.128 e. The van der Waals surface area contributed by atoms with Crippen molar-refractivity contribution in [3.63, 3.8) is 0 Å². The first-order valence-electron chi connectivity index (χ1n) is 6.98. The Morgan fingerprint density at radius 2 is 2.14 bits per heavy atom. The monoisotopic (exact) mass is 304 g/mol. The maximum atomic E-state index is 14.2. The Morgan fingerprint density at radius 1 is 1.33 bits per heavy atom.